The van der Waals surface area contributed by atoms with E-state index in [4.69, 9.17) is 4.74 Å². The predicted octanol–water partition coefficient (Wildman–Crippen LogP) is 3.30. The van der Waals surface area contributed by atoms with Crippen LogP contribution in [-0.4, -0.2) is 37.2 Å². The summed E-state index contributed by atoms with van der Waals surface area (Å²) in [5, 5.41) is 3.64. The molecule has 1 aliphatic rings. The molecule has 3 heteroatoms. The van der Waals surface area contributed by atoms with Gasteiger partial charge in [0.25, 0.3) is 0 Å². The van der Waals surface area contributed by atoms with Gasteiger partial charge in [-0.3, -0.25) is 4.90 Å². The van der Waals surface area contributed by atoms with Crippen LogP contribution in [0.15, 0.2) is 24.3 Å². The molecule has 2 rings (SSSR count). The second-order valence-electron chi connectivity index (χ2n) is 7.00. The first-order chi connectivity index (χ1) is 10.0. The molecule has 0 fully saturated rings. The average molecular weight is 290 g/mol. The van der Waals surface area contributed by atoms with E-state index in [-0.39, 0.29) is 0 Å². The fraction of sp³-hybridized carbons (Fsp3) is 0.667. The van der Waals surface area contributed by atoms with Crippen LogP contribution in [0.4, 0.5) is 0 Å². The molecule has 1 aliphatic heterocycles. The molecular weight excluding hydrogens is 260 g/mol. The Bertz CT molecular complexity index is 439. The first-order valence-electron chi connectivity index (χ1n) is 8.17. The second-order valence-corrected chi connectivity index (χ2v) is 7.00. The fourth-order valence-corrected chi connectivity index (χ4v) is 2.97. The minimum atomic E-state index is 0.302. The Morgan fingerprint density at radius 2 is 2.05 bits per heavy atom. The standard InChI is InChI=1S/C18H30N2O/c1-5-19-17(18(2,3)4)10-11-20-12-13-21-16-9-7-6-8-15(16)14-20/h6-9,17,19H,5,10-14H2,1-4H3. The minimum absolute atomic E-state index is 0.302. The zero-order valence-electron chi connectivity index (χ0n) is 14.0. The molecule has 21 heavy (non-hydrogen) atoms. The van der Waals surface area contributed by atoms with Crippen LogP contribution in [-0.2, 0) is 6.54 Å². The van der Waals surface area contributed by atoms with E-state index in [1.807, 2.05) is 0 Å². The van der Waals surface area contributed by atoms with Crippen LogP contribution in [0.5, 0.6) is 5.75 Å². The zero-order valence-corrected chi connectivity index (χ0v) is 14.0. The maximum Gasteiger partial charge on any atom is 0.123 e. The van der Waals surface area contributed by atoms with Crippen LogP contribution in [0.25, 0.3) is 0 Å². The maximum atomic E-state index is 5.84. The molecule has 0 radical (unpaired) electrons. The molecule has 0 amide bonds. The third-order valence-corrected chi connectivity index (χ3v) is 4.26. The van der Waals surface area contributed by atoms with Gasteiger partial charge in [0.05, 0.1) is 0 Å². The number of nitrogens with one attached hydrogen (secondary N) is 1. The topological polar surface area (TPSA) is 24.5 Å². The molecule has 1 aromatic carbocycles. The van der Waals surface area contributed by atoms with E-state index in [2.05, 4.69) is 62.2 Å². The van der Waals surface area contributed by atoms with E-state index >= 15 is 0 Å². The van der Waals surface area contributed by atoms with Gasteiger partial charge in [0.1, 0.15) is 12.4 Å². The fourth-order valence-electron chi connectivity index (χ4n) is 2.97. The molecule has 1 unspecified atom stereocenters. The molecule has 0 saturated heterocycles. The summed E-state index contributed by atoms with van der Waals surface area (Å²) in [5.74, 6) is 1.05. The summed E-state index contributed by atoms with van der Waals surface area (Å²) in [6.45, 7) is 14.1. The first-order valence-corrected chi connectivity index (χ1v) is 8.17. The third kappa shape index (κ3) is 4.72. The number of nitrogens with zero attached hydrogens (tertiary/aromatic N) is 1. The highest BCUT2D eigenvalue weighted by molar-refractivity contribution is 5.33. The van der Waals surface area contributed by atoms with Crippen molar-refractivity contribution in [2.24, 2.45) is 5.41 Å². The quantitative estimate of drug-likeness (QED) is 0.900. The summed E-state index contributed by atoms with van der Waals surface area (Å²) in [6, 6.07) is 8.97. The van der Waals surface area contributed by atoms with Crippen molar-refractivity contribution in [1.29, 1.82) is 0 Å². The van der Waals surface area contributed by atoms with Crippen molar-refractivity contribution in [3.05, 3.63) is 29.8 Å². The highest BCUT2D eigenvalue weighted by Crippen LogP contribution is 2.25. The summed E-state index contributed by atoms with van der Waals surface area (Å²) in [6.07, 6.45) is 1.18. The van der Waals surface area contributed by atoms with Gasteiger partial charge in [0.15, 0.2) is 0 Å². The van der Waals surface area contributed by atoms with Crippen molar-refractivity contribution in [3.63, 3.8) is 0 Å². The van der Waals surface area contributed by atoms with Crippen molar-refractivity contribution >= 4 is 0 Å². The van der Waals surface area contributed by atoms with E-state index in [9.17, 15) is 0 Å². The molecule has 0 saturated carbocycles. The number of para-hydroxylation sites is 1. The van der Waals surface area contributed by atoms with Gasteiger partial charge in [-0.05, 0) is 24.4 Å². The molecule has 0 spiro atoms. The lowest BCUT2D eigenvalue weighted by Gasteiger charge is -2.33. The van der Waals surface area contributed by atoms with Gasteiger partial charge in [-0.15, -0.1) is 0 Å². The Morgan fingerprint density at radius 1 is 1.29 bits per heavy atom. The highest BCUT2D eigenvalue weighted by Gasteiger charge is 2.24. The molecule has 1 aromatic rings. The van der Waals surface area contributed by atoms with Gasteiger partial charge in [-0.2, -0.15) is 0 Å². The monoisotopic (exact) mass is 290 g/mol. The SMILES string of the molecule is CCNC(CCN1CCOc2ccccc2C1)C(C)(C)C. The largest absolute Gasteiger partial charge is 0.492 e. The third-order valence-electron chi connectivity index (χ3n) is 4.26. The van der Waals surface area contributed by atoms with Crippen LogP contribution >= 0.6 is 0 Å². The molecule has 0 aliphatic carbocycles. The average Bonchev–Trinajstić information content (AvgIpc) is 2.63. The van der Waals surface area contributed by atoms with E-state index in [0.29, 0.717) is 11.5 Å². The summed E-state index contributed by atoms with van der Waals surface area (Å²) in [7, 11) is 0. The van der Waals surface area contributed by atoms with Crippen molar-refractivity contribution in [2.45, 2.75) is 46.7 Å². The van der Waals surface area contributed by atoms with Gasteiger partial charge in [0, 0.05) is 31.2 Å². The Balaban J connectivity index is 1.94. The molecule has 118 valence electrons. The Hall–Kier alpha value is -1.06. The van der Waals surface area contributed by atoms with Crippen LogP contribution in [0.1, 0.15) is 39.7 Å². The number of fused-ring (bicyclic) bond motifs is 1. The van der Waals surface area contributed by atoms with Crippen LogP contribution in [0, 0.1) is 5.41 Å². The van der Waals surface area contributed by atoms with Gasteiger partial charge in [-0.1, -0.05) is 45.9 Å². The summed E-state index contributed by atoms with van der Waals surface area (Å²) < 4.78 is 5.84. The zero-order chi connectivity index (χ0) is 15.3. The summed E-state index contributed by atoms with van der Waals surface area (Å²) >= 11 is 0. The van der Waals surface area contributed by atoms with Crippen LogP contribution in [0.2, 0.25) is 0 Å². The predicted molar refractivity (Wildman–Crippen MR) is 88.8 cm³/mol. The smallest absolute Gasteiger partial charge is 0.123 e. The van der Waals surface area contributed by atoms with E-state index < -0.39 is 0 Å². The number of benzene rings is 1. The van der Waals surface area contributed by atoms with Crippen LogP contribution in [0.3, 0.4) is 0 Å². The van der Waals surface area contributed by atoms with Crippen molar-refractivity contribution in [3.8, 4) is 5.75 Å². The number of hydrogen-bond donors (Lipinski definition) is 1. The summed E-state index contributed by atoms with van der Waals surface area (Å²) in [4.78, 5) is 2.52. The lowest BCUT2D eigenvalue weighted by Crippen LogP contribution is -2.43. The Morgan fingerprint density at radius 3 is 2.76 bits per heavy atom. The molecule has 1 N–H and O–H groups in total. The van der Waals surface area contributed by atoms with Gasteiger partial charge in [-0.25, -0.2) is 0 Å². The molecule has 1 heterocycles. The van der Waals surface area contributed by atoms with Crippen molar-refractivity contribution < 1.29 is 4.74 Å². The normalized spacial score (nSPS) is 17.7. The Labute approximate surface area is 129 Å². The van der Waals surface area contributed by atoms with E-state index in [1.165, 1.54) is 12.0 Å². The first kappa shape index (κ1) is 16.3. The molecule has 3 nitrogen and oxygen atoms in total. The number of hydrogen-bond acceptors (Lipinski definition) is 3. The van der Waals surface area contributed by atoms with Gasteiger partial charge in [0.2, 0.25) is 0 Å². The van der Waals surface area contributed by atoms with Crippen molar-refractivity contribution in [1.82, 2.24) is 10.2 Å². The number of ether oxygens (including phenoxy) is 1. The lowest BCUT2D eigenvalue weighted by molar-refractivity contribution is 0.188. The lowest BCUT2D eigenvalue weighted by atomic mass is 9.84. The van der Waals surface area contributed by atoms with E-state index in [0.717, 1.165) is 38.5 Å². The molecule has 0 bridgehead atoms. The van der Waals surface area contributed by atoms with Gasteiger partial charge >= 0.3 is 0 Å². The van der Waals surface area contributed by atoms with Gasteiger partial charge < -0.3 is 10.1 Å². The maximum absolute atomic E-state index is 5.84. The van der Waals surface area contributed by atoms with Crippen molar-refractivity contribution in [2.75, 3.05) is 26.2 Å². The van der Waals surface area contributed by atoms with Crippen LogP contribution < -0.4 is 10.1 Å². The minimum Gasteiger partial charge on any atom is -0.492 e. The second kappa shape index (κ2) is 7.28. The summed E-state index contributed by atoms with van der Waals surface area (Å²) in [5.41, 5.74) is 1.61. The molecule has 1 atom stereocenters. The highest BCUT2D eigenvalue weighted by atomic mass is 16.5. The number of rotatable bonds is 5. The van der Waals surface area contributed by atoms with E-state index in [1.54, 1.807) is 0 Å². The molecular formula is C18H30N2O. The molecule has 0 aromatic heterocycles. The Kier molecular flexibility index (Phi) is 5.65.